The molecule has 1 aliphatic carbocycles. The maximum atomic E-state index is 12.1. The van der Waals surface area contributed by atoms with Gasteiger partial charge in [-0.25, -0.2) is 0 Å². The van der Waals surface area contributed by atoms with Crippen LogP contribution in [0.15, 0.2) is 10.6 Å². The minimum Gasteiger partial charge on any atom is -0.468 e. The van der Waals surface area contributed by atoms with Crippen molar-refractivity contribution >= 4 is 33.8 Å². The Balaban J connectivity index is 3.03. The summed E-state index contributed by atoms with van der Waals surface area (Å²) in [6, 6.07) is 0. The van der Waals surface area contributed by atoms with Gasteiger partial charge < -0.3 is 14.2 Å². The van der Waals surface area contributed by atoms with Crippen LogP contribution in [0.2, 0.25) is 0 Å². The molecule has 0 spiro atoms. The van der Waals surface area contributed by atoms with Gasteiger partial charge in [-0.1, -0.05) is 21.5 Å². The molecule has 1 rings (SSSR count). The van der Waals surface area contributed by atoms with Crippen molar-refractivity contribution in [1.29, 1.82) is 0 Å². The maximum Gasteiger partial charge on any atom is 0.323 e. The Bertz CT molecular complexity index is 440. The Morgan fingerprint density at radius 3 is 2.29 bits per heavy atom. The second kappa shape index (κ2) is 7.59. The van der Waals surface area contributed by atoms with Crippen LogP contribution in [-0.4, -0.2) is 38.7 Å². The molecule has 1 fully saturated rings. The fourth-order valence-corrected chi connectivity index (χ4v) is 3.19. The molecule has 7 heteroatoms. The van der Waals surface area contributed by atoms with E-state index in [1.165, 1.54) is 14.2 Å². The number of hydrogen-bond acceptors (Lipinski definition) is 6. The highest BCUT2D eigenvalue weighted by molar-refractivity contribution is 9.11. The average Bonchev–Trinajstić information content (AvgIpc) is 2.85. The Hall–Kier alpha value is -1.37. The third-order valence-corrected chi connectivity index (χ3v) is 4.22. The van der Waals surface area contributed by atoms with Gasteiger partial charge in [-0.2, -0.15) is 0 Å². The first-order valence-electron chi connectivity index (χ1n) is 6.56. The molecule has 0 aliphatic heterocycles. The van der Waals surface area contributed by atoms with E-state index in [-0.39, 0.29) is 37.8 Å². The highest BCUT2D eigenvalue weighted by Crippen LogP contribution is 2.48. The zero-order valence-electron chi connectivity index (χ0n) is 12.3. The van der Waals surface area contributed by atoms with Crippen molar-refractivity contribution in [3.05, 3.63) is 10.6 Å². The lowest BCUT2D eigenvalue weighted by Gasteiger charge is -2.22. The van der Waals surface area contributed by atoms with Crippen LogP contribution in [0, 0.1) is 11.3 Å². The quantitative estimate of drug-likeness (QED) is 0.422. The summed E-state index contributed by atoms with van der Waals surface area (Å²) < 4.78 is 14.4. The van der Waals surface area contributed by atoms with Gasteiger partial charge in [0.15, 0.2) is 5.41 Å². The zero-order chi connectivity index (χ0) is 16.0. The third kappa shape index (κ3) is 3.64. The van der Waals surface area contributed by atoms with Crippen LogP contribution in [0.5, 0.6) is 0 Å². The Morgan fingerprint density at radius 1 is 1.29 bits per heavy atom. The van der Waals surface area contributed by atoms with E-state index in [0.29, 0.717) is 0 Å². The van der Waals surface area contributed by atoms with Gasteiger partial charge in [-0.15, -0.1) is 0 Å². The second-order valence-electron chi connectivity index (χ2n) is 4.84. The van der Waals surface area contributed by atoms with Crippen molar-refractivity contribution in [2.24, 2.45) is 11.3 Å². The van der Waals surface area contributed by atoms with Crippen LogP contribution < -0.4 is 0 Å². The first-order chi connectivity index (χ1) is 9.94. The molecule has 0 N–H and O–H groups in total. The Morgan fingerprint density at radius 2 is 1.86 bits per heavy atom. The van der Waals surface area contributed by atoms with E-state index in [1.807, 2.05) is 0 Å². The fourth-order valence-electron chi connectivity index (χ4n) is 2.65. The SMILES string of the molecule is CCOC(=O)CC1CC(C(=O)OC)(C(=O)OC)C/C1=C/Br. The van der Waals surface area contributed by atoms with Gasteiger partial charge in [0.2, 0.25) is 0 Å². The van der Waals surface area contributed by atoms with Crippen LogP contribution in [0.3, 0.4) is 0 Å². The summed E-state index contributed by atoms with van der Waals surface area (Å²) in [6.45, 7) is 2.01. The predicted molar refractivity (Wildman–Crippen MR) is 77.4 cm³/mol. The summed E-state index contributed by atoms with van der Waals surface area (Å²) in [7, 11) is 2.45. The van der Waals surface area contributed by atoms with Crippen LogP contribution in [-0.2, 0) is 28.6 Å². The van der Waals surface area contributed by atoms with Gasteiger partial charge in [0.1, 0.15) is 0 Å². The normalized spacial score (nSPS) is 21.9. The van der Waals surface area contributed by atoms with Gasteiger partial charge in [0, 0.05) is 0 Å². The summed E-state index contributed by atoms with van der Waals surface area (Å²) in [5.41, 5.74) is -0.598. The number of carbonyl (C=O) groups is 3. The van der Waals surface area contributed by atoms with Crippen LogP contribution in [0.4, 0.5) is 0 Å². The highest BCUT2D eigenvalue weighted by atomic mass is 79.9. The fraction of sp³-hybridized carbons (Fsp3) is 0.643. The molecule has 1 unspecified atom stereocenters. The molecule has 6 nitrogen and oxygen atoms in total. The smallest absolute Gasteiger partial charge is 0.323 e. The van der Waals surface area contributed by atoms with E-state index < -0.39 is 17.4 Å². The van der Waals surface area contributed by atoms with E-state index >= 15 is 0 Å². The molecule has 0 radical (unpaired) electrons. The van der Waals surface area contributed by atoms with E-state index in [9.17, 15) is 14.4 Å². The highest BCUT2D eigenvalue weighted by Gasteiger charge is 2.55. The van der Waals surface area contributed by atoms with Gasteiger partial charge in [0.25, 0.3) is 0 Å². The minimum atomic E-state index is -1.39. The topological polar surface area (TPSA) is 78.9 Å². The summed E-state index contributed by atoms with van der Waals surface area (Å²) in [4.78, 5) is 37.4. The number of methoxy groups -OCH3 is 2. The number of ether oxygens (including phenoxy) is 3. The number of halogens is 1. The molecule has 1 saturated carbocycles. The Labute approximate surface area is 131 Å². The van der Waals surface area contributed by atoms with Gasteiger partial charge in [0.05, 0.1) is 27.2 Å². The maximum absolute atomic E-state index is 12.1. The lowest BCUT2D eigenvalue weighted by Crippen LogP contribution is -2.39. The second-order valence-corrected chi connectivity index (χ2v) is 5.29. The summed E-state index contributed by atoms with van der Waals surface area (Å²) >= 11 is 3.22. The number of esters is 3. The zero-order valence-corrected chi connectivity index (χ0v) is 13.9. The van der Waals surface area contributed by atoms with Crippen molar-refractivity contribution in [2.75, 3.05) is 20.8 Å². The molecule has 0 aromatic rings. The molecule has 0 aromatic heterocycles. The van der Waals surface area contributed by atoms with Crippen molar-refractivity contribution in [2.45, 2.75) is 26.2 Å². The monoisotopic (exact) mass is 362 g/mol. The third-order valence-electron chi connectivity index (χ3n) is 3.64. The lowest BCUT2D eigenvalue weighted by atomic mass is 9.85. The van der Waals surface area contributed by atoms with E-state index in [4.69, 9.17) is 14.2 Å². The minimum absolute atomic E-state index is 0.112. The number of hydrogen-bond donors (Lipinski definition) is 0. The van der Waals surface area contributed by atoms with Gasteiger partial charge in [-0.05, 0) is 30.7 Å². The van der Waals surface area contributed by atoms with Gasteiger partial charge in [-0.3, -0.25) is 14.4 Å². The molecular weight excluding hydrogens is 344 g/mol. The number of carbonyl (C=O) groups excluding carboxylic acids is 3. The largest absolute Gasteiger partial charge is 0.468 e. The van der Waals surface area contributed by atoms with E-state index in [2.05, 4.69) is 15.9 Å². The number of allylic oxidation sites excluding steroid dienone is 1. The molecular formula is C14H19BrO6. The van der Waals surface area contributed by atoms with E-state index in [1.54, 1.807) is 11.9 Å². The molecule has 0 aromatic carbocycles. The van der Waals surface area contributed by atoms with Crippen LogP contribution >= 0.6 is 15.9 Å². The molecule has 0 heterocycles. The van der Waals surface area contributed by atoms with Crippen LogP contribution in [0.1, 0.15) is 26.2 Å². The lowest BCUT2D eigenvalue weighted by molar-refractivity contribution is -0.169. The first-order valence-corrected chi connectivity index (χ1v) is 7.48. The molecule has 118 valence electrons. The van der Waals surface area contributed by atoms with Crippen LogP contribution in [0.25, 0.3) is 0 Å². The number of rotatable bonds is 5. The molecule has 0 bridgehead atoms. The summed E-state index contributed by atoms with van der Waals surface area (Å²) in [5.74, 6) is -1.92. The molecule has 1 atom stereocenters. The predicted octanol–water partition coefficient (Wildman–Crippen LogP) is 1.96. The van der Waals surface area contributed by atoms with E-state index in [0.717, 1.165) is 5.57 Å². The molecule has 0 saturated heterocycles. The van der Waals surface area contributed by atoms with Crippen molar-refractivity contribution in [3.8, 4) is 0 Å². The average molecular weight is 363 g/mol. The standard InChI is InChI=1S/C14H19BrO6/c1-4-21-11(16)5-9-6-14(12(17)19-2,13(18)20-3)7-10(9)8-15/h8-9H,4-7H2,1-3H3/b10-8-. The molecule has 1 aliphatic rings. The first kappa shape index (κ1) is 17.7. The van der Waals surface area contributed by atoms with Crippen molar-refractivity contribution in [1.82, 2.24) is 0 Å². The molecule has 21 heavy (non-hydrogen) atoms. The van der Waals surface area contributed by atoms with Crippen molar-refractivity contribution < 1.29 is 28.6 Å². The summed E-state index contributed by atoms with van der Waals surface area (Å²) in [6.07, 6.45) is 0.450. The van der Waals surface area contributed by atoms with Gasteiger partial charge >= 0.3 is 17.9 Å². The Kier molecular flexibility index (Phi) is 6.39. The van der Waals surface area contributed by atoms with Crippen molar-refractivity contribution in [3.63, 3.8) is 0 Å². The molecule has 0 amide bonds. The summed E-state index contributed by atoms with van der Waals surface area (Å²) in [5, 5.41) is 0.